The van der Waals surface area contributed by atoms with Gasteiger partial charge in [-0.1, -0.05) is 0 Å². The second-order valence-electron chi connectivity index (χ2n) is 12.5. The van der Waals surface area contributed by atoms with Crippen molar-refractivity contribution in [2.75, 3.05) is 39.3 Å². The van der Waals surface area contributed by atoms with E-state index in [0.29, 0.717) is 19.5 Å². The van der Waals surface area contributed by atoms with Gasteiger partial charge in [-0.2, -0.15) is 0 Å². The van der Waals surface area contributed by atoms with Crippen LogP contribution in [-0.4, -0.2) is 143 Å². The van der Waals surface area contributed by atoms with Crippen LogP contribution in [0.15, 0.2) is 0 Å². The lowest BCUT2D eigenvalue weighted by atomic mass is 9.90. The van der Waals surface area contributed by atoms with Crippen LogP contribution in [0.5, 0.6) is 0 Å². The highest BCUT2D eigenvalue weighted by Gasteiger charge is 2.48. The lowest BCUT2D eigenvalue weighted by Gasteiger charge is -2.41. The summed E-state index contributed by atoms with van der Waals surface area (Å²) < 4.78 is 39.7. The van der Waals surface area contributed by atoms with E-state index in [-0.39, 0.29) is 82.4 Å². The third-order valence-electron chi connectivity index (χ3n) is 8.97. The van der Waals surface area contributed by atoms with Gasteiger partial charge < -0.3 is 40.1 Å². The summed E-state index contributed by atoms with van der Waals surface area (Å²) in [5.41, 5.74) is 0. The minimum atomic E-state index is -2.70. The van der Waals surface area contributed by atoms with Crippen molar-refractivity contribution >= 4 is 17.8 Å². The Morgan fingerprint density at radius 3 is 2.49 bits per heavy atom. The predicted octanol–water partition coefficient (Wildman–Crippen LogP) is -0.336. The Bertz CT molecular complexity index is 980. The van der Waals surface area contributed by atoms with Crippen molar-refractivity contribution in [3.63, 3.8) is 0 Å². The van der Waals surface area contributed by atoms with Crippen molar-refractivity contribution in [2.45, 2.75) is 113 Å². The van der Waals surface area contributed by atoms with Gasteiger partial charge in [-0.05, 0) is 33.1 Å². The molecule has 7 atom stereocenters. The predicted molar refractivity (Wildman–Crippen MR) is 141 cm³/mol. The van der Waals surface area contributed by atoms with E-state index < -0.39 is 54.4 Å². The molecule has 4 aliphatic heterocycles. The maximum Gasteiger partial charge on any atom is 0.317 e. The molecule has 5 fully saturated rings. The molecule has 0 aromatic carbocycles. The van der Waals surface area contributed by atoms with E-state index in [1.165, 1.54) is 4.90 Å². The molecule has 5 rings (SSSR count). The van der Waals surface area contributed by atoms with Crippen LogP contribution in [0.25, 0.3) is 0 Å². The first-order chi connectivity index (χ1) is 19.4. The molecule has 0 aromatic heterocycles. The first kappa shape index (κ1) is 30.3. The number of ether oxygens (including phenoxy) is 2. The number of aliphatic hydroxyl groups is 2. The van der Waals surface area contributed by atoms with Gasteiger partial charge in [0.25, 0.3) is 0 Å². The van der Waals surface area contributed by atoms with Crippen LogP contribution in [-0.2, 0) is 19.1 Å². The zero-order valence-corrected chi connectivity index (χ0v) is 23.7. The quantitative estimate of drug-likeness (QED) is 0.344. The highest BCUT2D eigenvalue weighted by Crippen LogP contribution is 2.38. The first-order valence-electron chi connectivity index (χ1n) is 14.8. The maximum absolute atomic E-state index is 13.9. The van der Waals surface area contributed by atoms with Gasteiger partial charge in [0.2, 0.25) is 17.7 Å². The number of alkyl halides is 2. The number of hydrogen-bond donors (Lipinski definition) is 4. The molecule has 6 bridgehead atoms. The summed E-state index contributed by atoms with van der Waals surface area (Å²) in [6.07, 6.45) is -4.85. The van der Waals surface area contributed by atoms with Crippen LogP contribution in [0.1, 0.15) is 52.4 Å². The van der Waals surface area contributed by atoms with Crippen molar-refractivity contribution in [2.24, 2.45) is 0 Å². The topological polar surface area (TPSA) is 144 Å². The molecule has 0 radical (unpaired) electrons. The molecule has 5 aliphatic rings. The molecule has 12 nitrogen and oxygen atoms in total. The van der Waals surface area contributed by atoms with E-state index >= 15 is 0 Å². The molecule has 4 heterocycles. The van der Waals surface area contributed by atoms with Gasteiger partial charge in [-0.15, -0.1) is 0 Å². The number of rotatable bonds is 2. The van der Waals surface area contributed by atoms with Gasteiger partial charge >= 0.3 is 6.03 Å². The number of hydrogen-bond acceptors (Lipinski definition) is 8. The van der Waals surface area contributed by atoms with Crippen molar-refractivity contribution in [3.05, 3.63) is 0 Å². The summed E-state index contributed by atoms with van der Waals surface area (Å²) in [4.78, 5) is 45.2. The lowest BCUT2D eigenvalue weighted by Crippen LogP contribution is -2.57. The number of morpholine rings is 1. The molecule has 1 aliphatic carbocycles. The second kappa shape index (κ2) is 12.2. The summed E-state index contributed by atoms with van der Waals surface area (Å²) >= 11 is 0. The first-order valence-corrected chi connectivity index (χ1v) is 14.8. The van der Waals surface area contributed by atoms with E-state index in [0.717, 1.165) is 0 Å². The number of nitrogens with zero attached hydrogens (tertiary/aromatic N) is 3. The smallest absolute Gasteiger partial charge is 0.317 e. The second-order valence-corrected chi connectivity index (χ2v) is 12.5. The number of halogens is 2. The third kappa shape index (κ3) is 6.93. The van der Waals surface area contributed by atoms with Gasteiger partial charge in [0.1, 0.15) is 18.3 Å². The molecule has 0 spiro atoms. The van der Waals surface area contributed by atoms with E-state index in [2.05, 4.69) is 10.6 Å². The highest BCUT2D eigenvalue weighted by atomic mass is 19.3. The summed E-state index contributed by atoms with van der Waals surface area (Å²) in [6, 6.07) is -1.72. The van der Waals surface area contributed by atoms with Gasteiger partial charge in [-0.3, -0.25) is 14.5 Å². The molecule has 4 saturated heterocycles. The zero-order chi connectivity index (χ0) is 29.5. The van der Waals surface area contributed by atoms with Gasteiger partial charge in [-0.25, -0.2) is 13.6 Å². The van der Waals surface area contributed by atoms with Crippen LogP contribution in [0.4, 0.5) is 13.6 Å². The molecule has 1 saturated carbocycles. The van der Waals surface area contributed by atoms with E-state index in [4.69, 9.17) is 9.47 Å². The molecular formula is C27H43F2N5O7. The Balaban J connectivity index is 1.40. The van der Waals surface area contributed by atoms with Gasteiger partial charge in [0.05, 0.1) is 44.4 Å². The van der Waals surface area contributed by atoms with Crippen molar-refractivity contribution in [1.82, 2.24) is 25.3 Å². The van der Waals surface area contributed by atoms with Crippen LogP contribution in [0, 0.1) is 0 Å². The maximum atomic E-state index is 13.9. The van der Waals surface area contributed by atoms with E-state index in [9.17, 15) is 33.4 Å². The molecule has 41 heavy (non-hydrogen) atoms. The SMILES string of the molecule is CC(C)NC(=O)N1C[C@@H]2CN(CCO2)C(=O)[C@@H]2C[C@@H](CN2C2CCC(F)(F)CC2)NC(=O)C[C@@H]2O[C@H](C1)[C@@H](O)[C@H]2O. The molecule has 4 amide bonds. The summed E-state index contributed by atoms with van der Waals surface area (Å²) in [5, 5.41) is 27.2. The number of fused-ring (bicyclic) bond motifs is 6. The average Bonchev–Trinajstić information content (AvgIpc) is 3.43. The van der Waals surface area contributed by atoms with Crippen molar-refractivity contribution in [3.8, 4) is 0 Å². The Morgan fingerprint density at radius 2 is 1.78 bits per heavy atom. The van der Waals surface area contributed by atoms with Gasteiger partial charge in [0.15, 0.2) is 0 Å². The fourth-order valence-corrected chi connectivity index (χ4v) is 6.87. The number of aliphatic hydroxyl groups excluding tert-OH is 2. The van der Waals surface area contributed by atoms with Crippen LogP contribution >= 0.6 is 0 Å². The number of carbonyl (C=O) groups excluding carboxylic acids is 3. The van der Waals surface area contributed by atoms with Crippen LogP contribution in [0.3, 0.4) is 0 Å². The molecule has 4 N–H and O–H groups in total. The van der Waals surface area contributed by atoms with E-state index in [1.807, 2.05) is 18.7 Å². The molecule has 232 valence electrons. The third-order valence-corrected chi connectivity index (χ3v) is 8.97. The van der Waals surface area contributed by atoms with Crippen LogP contribution < -0.4 is 10.6 Å². The number of amides is 4. The number of carbonyl (C=O) groups is 3. The Labute approximate surface area is 238 Å². The number of urea groups is 1. The van der Waals surface area contributed by atoms with Crippen LogP contribution in [0.2, 0.25) is 0 Å². The molecular weight excluding hydrogens is 544 g/mol. The standard InChI is InChI=1S/C27H43F2N5O7/c1-15(2)30-26(39)33-13-18-12-32(7-8-40-18)25(38)19-9-16(11-34(19)17-3-5-27(28,29)6-4-17)31-22(35)10-20-23(36)24(37)21(14-33)41-20/h15-21,23-24,36-37H,3-14H2,1-2H3,(H,30,39)(H,31,35)/t16-,18-,19-,20-,21+,23-,24+/m0/s1. The summed E-state index contributed by atoms with van der Waals surface area (Å²) in [5.74, 6) is -3.24. The Kier molecular flexibility index (Phi) is 9.05. The molecule has 0 unspecified atom stereocenters. The monoisotopic (exact) mass is 587 g/mol. The van der Waals surface area contributed by atoms with E-state index in [1.54, 1.807) is 4.90 Å². The minimum absolute atomic E-state index is 0.0476. The molecule has 0 aromatic rings. The highest BCUT2D eigenvalue weighted by molar-refractivity contribution is 5.83. The number of nitrogens with one attached hydrogen (secondary N) is 2. The average molecular weight is 588 g/mol. The van der Waals surface area contributed by atoms with Crippen molar-refractivity contribution in [1.29, 1.82) is 0 Å². The Morgan fingerprint density at radius 1 is 1.07 bits per heavy atom. The fourth-order valence-electron chi connectivity index (χ4n) is 6.87. The Hall–Kier alpha value is -2.13. The zero-order valence-electron chi connectivity index (χ0n) is 23.7. The summed E-state index contributed by atoms with van der Waals surface area (Å²) in [6.45, 7) is 4.91. The molecule has 14 heteroatoms. The minimum Gasteiger partial charge on any atom is -0.388 e. The fraction of sp³-hybridized carbons (Fsp3) is 0.889. The normalized spacial score (nSPS) is 37.4. The summed E-state index contributed by atoms with van der Waals surface area (Å²) in [7, 11) is 0. The van der Waals surface area contributed by atoms with Crippen molar-refractivity contribution < 1.29 is 42.9 Å². The largest absolute Gasteiger partial charge is 0.388 e. The lowest BCUT2D eigenvalue weighted by molar-refractivity contribution is -0.145. The van der Waals surface area contributed by atoms with Gasteiger partial charge in [0, 0.05) is 50.6 Å². The number of likely N-dealkylation sites (tertiary alicyclic amines) is 1.